The van der Waals surface area contributed by atoms with Gasteiger partial charge in [0, 0.05) is 18.1 Å². The van der Waals surface area contributed by atoms with E-state index in [0.717, 1.165) is 19.3 Å². The summed E-state index contributed by atoms with van der Waals surface area (Å²) in [6, 6.07) is 0.303. The Labute approximate surface area is 182 Å². The van der Waals surface area contributed by atoms with Crippen LogP contribution < -0.4 is 0 Å². The molecule has 0 spiro atoms. The number of ketones is 1. The van der Waals surface area contributed by atoms with Crippen molar-refractivity contribution in [2.45, 2.75) is 84.6 Å². The molecule has 0 aromatic heterocycles. The maximum Gasteiger partial charge on any atom is 0.139 e. The maximum atomic E-state index is 11.9. The van der Waals surface area contributed by atoms with E-state index in [-0.39, 0.29) is 5.92 Å². The first-order valence-corrected chi connectivity index (χ1v) is 12.1. The Kier molecular flexibility index (Phi) is 6.71. The summed E-state index contributed by atoms with van der Waals surface area (Å²) in [5.41, 5.74) is 7.36. The normalized spacial score (nSPS) is 33.1. The zero-order chi connectivity index (χ0) is 21.1. The lowest BCUT2D eigenvalue weighted by atomic mass is 9.75. The number of carbonyl (C=O) groups excluding carboxylic acids is 1. The highest BCUT2D eigenvalue weighted by molar-refractivity contribution is 5.98. The molecule has 0 radical (unpaired) electrons. The Bertz CT molecular complexity index is 863. The van der Waals surface area contributed by atoms with Crippen LogP contribution >= 0.6 is 0 Å². The number of aliphatic imine (C=N–C) groups is 1. The lowest BCUT2D eigenvalue weighted by Gasteiger charge is -2.32. The van der Waals surface area contributed by atoms with Gasteiger partial charge in [-0.1, -0.05) is 48.5 Å². The van der Waals surface area contributed by atoms with Crippen molar-refractivity contribution in [2.75, 3.05) is 0 Å². The van der Waals surface area contributed by atoms with Crippen molar-refractivity contribution in [1.82, 2.24) is 0 Å². The van der Waals surface area contributed by atoms with Gasteiger partial charge in [-0.15, -0.1) is 0 Å². The van der Waals surface area contributed by atoms with Gasteiger partial charge in [0.25, 0.3) is 0 Å². The van der Waals surface area contributed by atoms with E-state index < -0.39 is 0 Å². The lowest BCUT2D eigenvalue weighted by molar-refractivity contribution is -0.121. The molecule has 0 aromatic carbocycles. The summed E-state index contributed by atoms with van der Waals surface area (Å²) < 4.78 is 0. The first-order chi connectivity index (χ1) is 14.5. The monoisotopic (exact) mass is 403 g/mol. The van der Waals surface area contributed by atoms with E-state index in [1.165, 1.54) is 49.0 Å². The highest BCUT2D eigenvalue weighted by Gasteiger charge is 2.29. The van der Waals surface area contributed by atoms with Crippen LogP contribution in [-0.4, -0.2) is 17.5 Å². The minimum absolute atomic E-state index is 0.107. The predicted octanol–water partition coefficient (Wildman–Crippen LogP) is 7.10. The van der Waals surface area contributed by atoms with E-state index in [2.05, 4.69) is 50.3 Å². The number of fused-ring (bicyclic) bond motifs is 1. The Morgan fingerprint density at radius 1 is 1.10 bits per heavy atom. The molecule has 0 bridgehead atoms. The molecule has 0 amide bonds. The second-order valence-corrected chi connectivity index (χ2v) is 9.69. The number of hydrogen-bond acceptors (Lipinski definition) is 2. The summed E-state index contributed by atoms with van der Waals surface area (Å²) in [6.45, 7) is 6.55. The topological polar surface area (TPSA) is 29.4 Å². The number of hydrogen-bond donors (Lipinski definition) is 0. The molecule has 4 atom stereocenters. The molecule has 4 rings (SSSR count). The molecule has 160 valence electrons. The van der Waals surface area contributed by atoms with Crippen LogP contribution in [0.3, 0.4) is 0 Å². The molecule has 0 fully saturated rings. The maximum absolute atomic E-state index is 11.9. The standard InChI is InChI=1S/C28H37NO/c1-4-28(30)21-11-14-25(15-12-21)29-27-16-13-24-18-23(9-6-10-26(24)20(27)3)22-8-5-7-19(2)17-22/h6,9-11,14,17,21-22,24,27H,4-5,7-8,12-13,15-16,18H2,1-3H3. The molecule has 0 heterocycles. The molecular formula is C28H37NO. The van der Waals surface area contributed by atoms with E-state index in [1.54, 1.807) is 11.1 Å². The van der Waals surface area contributed by atoms with Crippen LogP contribution in [0.4, 0.5) is 0 Å². The number of nitrogens with zero attached hydrogens (tertiary/aromatic N) is 1. The SMILES string of the molecule is CCC(=O)C1C=CC(=NC2CCC3CC(C4C=C(C)CCC4)=CC=CC3=C2C)CC1. The molecular weight excluding hydrogens is 366 g/mol. The van der Waals surface area contributed by atoms with Crippen LogP contribution in [0.1, 0.15) is 78.6 Å². The molecule has 2 nitrogen and oxygen atoms in total. The Morgan fingerprint density at radius 3 is 2.70 bits per heavy atom. The second-order valence-electron chi connectivity index (χ2n) is 9.69. The number of rotatable bonds is 4. The predicted molar refractivity (Wildman–Crippen MR) is 127 cm³/mol. The summed E-state index contributed by atoms with van der Waals surface area (Å²) in [7, 11) is 0. The Morgan fingerprint density at radius 2 is 1.97 bits per heavy atom. The summed E-state index contributed by atoms with van der Waals surface area (Å²) in [4.78, 5) is 17.1. The van der Waals surface area contributed by atoms with Gasteiger partial charge in [0.2, 0.25) is 0 Å². The fourth-order valence-corrected chi connectivity index (χ4v) is 5.74. The summed E-state index contributed by atoms with van der Waals surface area (Å²) in [5.74, 6) is 1.76. The number of Topliss-reactive ketones (excluding diaryl/α,β-unsaturated/α-hetero) is 1. The van der Waals surface area contributed by atoms with Crippen molar-refractivity contribution in [1.29, 1.82) is 0 Å². The van der Waals surface area contributed by atoms with Gasteiger partial charge >= 0.3 is 0 Å². The fraction of sp³-hybridized carbons (Fsp3) is 0.571. The molecule has 4 aliphatic carbocycles. The largest absolute Gasteiger partial charge is 0.299 e. The Balaban J connectivity index is 1.48. The van der Waals surface area contributed by atoms with Gasteiger partial charge in [-0.25, -0.2) is 0 Å². The van der Waals surface area contributed by atoms with E-state index in [4.69, 9.17) is 4.99 Å². The third-order valence-corrected chi connectivity index (χ3v) is 7.62. The summed E-state index contributed by atoms with van der Waals surface area (Å²) in [6.07, 6.45) is 23.8. The smallest absolute Gasteiger partial charge is 0.139 e. The summed E-state index contributed by atoms with van der Waals surface area (Å²) >= 11 is 0. The molecule has 0 aliphatic heterocycles. The van der Waals surface area contributed by atoms with E-state index >= 15 is 0 Å². The van der Waals surface area contributed by atoms with Gasteiger partial charge in [-0.3, -0.25) is 9.79 Å². The van der Waals surface area contributed by atoms with E-state index in [0.29, 0.717) is 30.1 Å². The quantitative estimate of drug-likeness (QED) is 0.460. The molecule has 0 aromatic rings. The molecule has 30 heavy (non-hydrogen) atoms. The first kappa shape index (κ1) is 21.3. The third-order valence-electron chi connectivity index (χ3n) is 7.62. The van der Waals surface area contributed by atoms with Gasteiger partial charge in [0.1, 0.15) is 5.78 Å². The minimum Gasteiger partial charge on any atom is -0.299 e. The van der Waals surface area contributed by atoms with Gasteiger partial charge < -0.3 is 0 Å². The number of carbonyl (C=O) groups is 1. The van der Waals surface area contributed by atoms with Crippen molar-refractivity contribution >= 4 is 11.5 Å². The van der Waals surface area contributed by atoms with Crippen LogP contribution in [-0.2, 0) is 4.79 Å². The molecule has 4 aliphatic rings. The Hall–Kier alpha value is -1.96. The van der Waals surface area contributed by atoms with Crippen LogP contribution in [0, 0.1) is 17.8 Å². The van der Waals surface area contributed by atoms with Crippen molar-refractivity contribution in [3.05, 3.63) is 58.7 Å². The van der Waals surface area contributed by atoms with Crippen molar-refractivity contribution < 1.29 is 4.79 Å². The molecule has 2 heteroatoms. The number of allylic oxidation sites excluding steroid dienone is 9. The van der Waals surface area contributed by atoms with E-state index in [9.17, 15) is 4.79 Å². The summed E-state index contributed by atoms with van der Waals surface area (Å²) in [5, 5.41) is 0. The van der Waals surface area contributed by atoms with E-state index in [1.807, 2.05) is 6.92 Å². The zero-order valence-corrected chi connectivity index (χ0v) is 19.0. The molecule has 0 saturated heterocycles. The molecule has 0 N–H and O–H groups in total. The average molecular weight is 404 g/mol. The lowest BCUT2D eigenvalue weighted by Crippen LogP contribution is -2.23. The van der Waals surface area contributed by atoms with Crippen molar-refractivity contribution in [3.8, 4) is 0 Å². The molecule has 4 unspecified atom stereocenters. The van der Waals surface area contributed by atoms with Gasteiger partial charge in [-0.05, 0) is 94.3 Å². The van der Waals surface area contributed by atoms with Gasteiger partial charge in [-0.2, -0.15) is 0 Å². The average Bonchev–Trinajstić information content (AvgIpc) is 2.99. The van der Waals surface area contributed by atoms with Crippen molar-refractivity contribution in [2.24, 2.45) is 22.7 Å². The molecule has 0 saturated carbocycles. The van der Waals surface area contributed by atoms with Crippen molar-refractivity contribution in [3.63, 3.8) is 0 Å². The van der Waals surface area contributed by atoms with Crippen LogP contribution in [0.15, 0.2) is 63.7 Å². The first-order valence-electron chi connectivity index (χ1n) is 12.1. The second kappa shape index (κ2) is 9.45. The van der Waals surface area contributed by atoms with Crippen LogP contribution in [0.5, 0.6) is 0 Å². The highest BCUT2D eigenvalue weighted by Crippen LogP contribution is 2.41. The third kappa shape index (κ3) is 4.68. The van der Waals surface area contributed by atoms with Crippen LogP contribution in [0.25, 0.3) is 0 Å². The minimum atomic E-state index is 0.107. The van der Waals surface area contributed by atoms with Crippen LogP contribution in [0.2, 0.25) is 0 Å². The fourth-order valence-electron chi connectivity index (χ4n) is 5.74. The zero-order valence-electron chi connectivity index (χ0n) is 19.0. The highest BCUT2D eigenvalue weighted by atomic mass is 16.1. The van der Waals surface area contributed by atoms with Gasteiger partial charge in [0.15, 0.2) is 0 Å². The van der Waals surface area contributed by atoms with Gasteiger partial charge in [0.05, 0.1) is 6.04 Å².